The minimum atomic E-state index is -0.0606. The molecule has 1 atom stereocenters. The Kier molecular flexibility index (Phi) is 4.39. The maximum Gasteiger partial charge on any atom is 0.264 e. The maximum absolute atomic E-state index is 6.12. The summed E-state index contributed by atoms with van der Waals surface area (Å²) >= 11 is 6.12. The van der Waals surface area contributed by atoms with Gasteiger partial charge < -0.3 is 15.0 Å². The van der Waals surface area contributed by atoms with Crippen LogP contribution in [-0.2, 0) is 13.0 Å². The molecule has 0 fully saturated rings. The van der Waals surface area contributed by atoms with Gasteiger partial charge in [0.15, 0.2) is 12.4 Å². The summed E-state index contributed by atoms with van der Waals surface area (Å²) in [6.45, 7) is 4.06. The smallest absolute Gasteiger partial charge is 0.264 e. The van der Waals surface area contributed by atoms with E-state index in [-0.39, 0.29) is 12.6 Å². The molecule has 2 rings (SSSR count). The fourth-order valence-corrected chi connectivity index (χ4v) is 1.79. The van der Waals surface area contributed by atoms with Crippen molar-refractivity contribution >= 4 is 11.6 Å². The Morgan fingerprint density at radius 2 is 2.26 bits per heavy atom. The summed E-state index contributed by atoms with van der Waals surface area (Å²) in [4.78, 5) is 4.15. The van der Waals surface area contributed by atoms with E-state index in [1.807, 2.05) is 19.9 Å². The molecule has 0 saturated heterocycles. The van der Waals surface area contributed by atoms with Crippen molar-refractivity contribution in [1.82, 2.24) is 10.1 Å². The fourth-order valence-electron chi connectivity index (χ4n) is 1.55. The van der Waals surface area contributed by atoms with Crippen LogP contribution in [0.3, 0.4) is 0 Å². The molecule has 1 aromatic heterocycles. The quantitative estimate of drug-likeness (QED) is 0.912. The van der Waals surface area contributed by atoms with Crippen LogP contribution >= 0.6 is 11.6 Å². The third-order valence-electron chi connectivity index (χ3n) is 2.66. The van der Waals surface area contributed by atoms with Gasteiger partial charge in [-0.25, -0.2) is 0 Å². The van der Waals surface area contributed by atoms with E-state index in [0.29, 0.717) is 22.5 Å². The third-order valence-corrected chi connectivity index (χ3v) is 2.95. The van der Waals surface area contributed by atoms with Crippen LogP contribution in [0.1, 0.15) is 37.2 Å². The molecule has 0 spiro atoms. The molecule has 19 heavy (non-hydrogen) atoms. The predicted molar refractivity (Wildman–Crippen MR) is 72.1 cm³/mol. The SMILES string of the molecule is CCc1noc(COc2ccc([C@@H](C)N)cc2Cl)n1. The van der Waals surface area contributed by atoms with Crippen molar-refractivity contribution < 1.29 is 9.26 Å². The lowest BCUT2D eigenvalue weighted by Crippen LogP contribution is -2.05. The number of halogens is 1. The molecule has 5 nitrogen and oxygen atoms in total. The van der Waals surface area contributed by atoms with E-state index >= 15 is 0 Å². The van der Waals surface area contributed by atoms with Gasteiger partial charge in [-0.2, -0.15) is 4.98 Å². The highest BCUT2D eigenvalue weighted by atomic mass is 35.5. The zero-order valence-corrected chi connectivity index (χ0v) is 11.6. The Labute approximate surface area is 116 Å². The maximum atomic E-state index is 6.12. The fraction of sp³-hybridized carbons (Fsp3) is 0.385. The molecule has 0 unspecified atom stereocenters. The van der Waals surface area contributed by atoms with Gasteiger partial charge >= 0.3 is 0 Å². The van der Waals surface area contributed by atoms with Gasteiger partial charge in [-0.05, 0) is 24.6 Å². The van der Waals surface area contributed by atoms with Crippen LogP contribution in [-0.4, -0.2) is 10.1 Å². The van der Waals surface area contributed by atoms with Gasteiger partial charge in [0, 0.05) is 12.5 Å². The van der Waals surface area contributed by atoms with E-state index in [0.717, 1.165) is 12.0 Å². The summed E-state index contributed by atoms with van der Waals surface area (Å²) in [5, 5.41) is 4.31. The Bertz CT molecular complexity index is 555. The molecule has 0 saturated carbocycles. The number of benzene rings is 1. The molecule has 6 heteroatoms. The predicted octanol–water partition coefficient (Wildman–Crippen LogP) is 2.88. The monoisotopic (exact) mass is 281 g/mol. The molecular weight excluding hydrogens is 266 g/mol. The molecule has 102 valence electrons. The minimum absolute atomic E-state index is 0.0606. The van der Waals surface area contributed by atoms with Crippen molar-refractivity contribution in [2.75, 3.05) is 0 Å². The van der Waals surface area contributed by atoms with Crippen LogP contribution in [0.4, 0.5) is 0 Å². The summed E-state index contributed by atoms with van der Waals surface area (Å²) in [5.74, 6) is 1.67. The van der Waals surface area contributed by atoms with Gasteiger partial charge in [0.1, 0.15) is 5.75 Å². The topological polar surface area (TPSA) is 74.2 Å². The normalized spacial score (nSPS) is 12.4. The summed E-state index contributed by atoms with van der Waals surface area (Å²) in [5.41, 5.74) is 6.74. The van der Waals surface area contributed by atoms with Gasteiger partial charge in [0.05, 0.1) is 5.02 Å². The Morgan fingerprint density at radius 1 is 1.47 bits per heavy atom. The highest BCUT2D eigenvalue weighted by Crippen LogP contribution is 2.27. The minimum Gasteiger partial charge on any atom is -0.482 e. The second-order valence-electron chi connectivity index (χ2n) is 4.23. The summed E-state index contributed by atoms with van der Waals surface area (Å²) < 4.78 is 10.6. The molecule has 0 radical (unpaired) electrons. The highest BCUT2D eigenvalue weighted by molar-refractivity contribution is 6.32. The van der Waals surface area contributed by atoms with Crippen LogP contribution in [0, 0.1) is 0 Å². The van der Waals surface area contributed by atoms with Gasteiger partial charge in [0.25, 0.3) is 5.89 Å². The molecule has 1 aromatic carbocycles. The highest BCUT2D eigenvalue weighted by Gasteiger charge is 2.09. The van der Waals surface area contributed by atoms with Crippen LogP contribution in [0.25, 0.3) is 0 Å². The zero-order chi connectivity index (χ0) is 13.8. The lowest BCUT2D eigenvalue weighted by atomic mass is 10.1. The van der Waals surface area contributed by atoms with Crippen LogP contribution in [0.5, 0.6) is 5.75 Å². The molecule has 0 bridgehead atoms. The second kappa shape index (κ2) is 6.04. The lowest BCUT2D eigenvalue weighted by Gasteiger charge is -2.09. The number of nitrogens with zero attached hydrogens (tertiary/aromatic N) is 2. The molecule has 0 amide bonds. The van der Waals surface area contributed by atoms with Crippen molar-refractivity contribution in [3.63, 3.8) is 0 Å². The molecule has 0 aliphatic carbocycles. The first-order valence-electron chi connectivity index (χ1n) is 6.09. The number of rotatable bonds is 5. The molecule has 0 aliphatic rings. The average molecular weight is 282 g/mol. The number of nitrogens with two attached hydrogens (primary N) is 1. The molecule has 0 aliphatic heterocycles. The number of ether oxygens (including phenoxy) is 1. The summed E-state index contributed by atoms with van der Waals surface area (Å²) in [6.07, 6.45) is 0.730. The Morgan fingerprint density at radius 3 is 2.84 bits per heavy atom. The third kappa shape index (κ3) is 3.45. The van der Waals surface area contributed by atoms with Gasteiger partial charge in [-0.1, -0.05) is 29.7 Å². The molecule has 2 N–H and O–H groups in total. The first-order valence-corrected chi connectivity index (χ1v) is 6.47. The van der Waals surface area contributed by atoms with E-state index in [4.69, 9.17) is 26.6 Å². The largest absolute Gasteiger partial charge is 0.482 e. The van der Waals surface area contributed by atoms with E-state index in [1.165, 1.54) is 0 Å². The number of hydrogen-bond acceptors (Lipinski definition) is 5. The number of aryl methyl sites for hydroxylation is 1. The number of hydrogen-bond donors (Lipinski definition) is 1. The molecule has 2 aromatic rings. The van der Waals surface area contributed by atoms with Gasteiger partial charge in [-0.15, -0.1) is 0 Å². The molecule has 1 heterocycles. The second-order valence-corrected chi connectivity index (χ2v) is 4.63. The van der Waals surface area contributed by atoms with E-state index < -0.39 is 0 Å². The first kappa shape index (κ1) is 13.8. The van der Waals surface area contributed by atoms with Crippen molar-refractivity contribution in [3.8, 4) is 5.75 Å². The zero-order valence-electron chi connectivity index (χ0n) is 10.9. The molecular formula is C13H16ClN3O2. The van der Waals surface area contributed by atoms with E-state index in [9.17, 15) is 0 Å². The van der Waals surface area contributed by atoms with Gasteiger partial charge in [-0.3, -0.25) is 0 Å². The lowest BCUT2D eigenvalue weighted by molar-refractivity contribution is 0.242. The van der Waals surface area contributed by atoms with E-state index in [1.54, 1.807) is 12.1 Å². The van der Waals surface area contributed by atoms with Crippen LogP contribution in [0.2, 0.25) is 5.02 Å². The first-order chi connectivity index (χ1) is 9.10. The number of aromatic nitrogens is 2. The van der Waals surface area contributed by atoms with Crippen molar-refractivity contribution in [2.45, 2.75) is 32.9 Å². The average Bonchev–Trinajstić information content (AvgIpc) is 2.85. The van der Waals surface area contributed by atoms with Crippen LogP contribution in [0.15, 0.2) is 22.7 Å². The Balaban J connectivity index is 2.03. The van der Waals surface area contributed by atoms with Crippen LogP contribution < -0.4 is 10.5 Å². The standard InChI is InChI=1S/C13H16ClN3O2/c1-3-12-16-13(19-17-12)7-18-11-5-4-9(8(2)15)6-10(11)14/h4-6,8H,3,7,15H2,1-2H3/t8-/m1/s1. The Hall–Kier alpha value is -1.59. The van der Waals surface area contributed by atoms with E-state index in [2.05, 4.69) is 10.1 Å². The van der Waals surface area contributed by atoms with Gasteiger partial charge in [0.2, 0.25) is 0 Å². The summed E-state index contributed by atoms with van der Waals surface area (Å²) in [6, 6.07) is 5.41. The van der Waals surface area contributed by atoms with Crippen molar-refractivity contribution in [1.29, 1.82) is 0 Å². The van der Waals surface area contributed by atoms with Crippen molar-refractivity contribution in [3.05, 3.63) is 40.5 Å². The van der Waals surface area contributed by atoms with Crippen molar-refractivity contribution in [2.24, 2.45) is 5.73 Å². The summed E-state index contributed by atoms with van der Waals surface area (Å²) in [7, 11) is 0.